The third-order valence-electron chi connectivity index (χ3n) is 6.09. The first-order valence-electron chi connectivity index (χ1n) is 10.3. The average molecular weight is 384 g/mol. The quantitative estimate of drug-likeness (QED) is 0.630. The fourth-order valence-corrected chi connectivity index (χ4v) is 4.54. The van der Waals surface area contributed by atoms with Gasteiger partial charge < -0.3 is 9.64 Å². The number of pyridine rings is 1. The Morgan fingerprint density at radius 1 is 1.03 bits per heavy atom. The zero-order valence-electron chi connectivity index (χ0n) is 16.6. The Morgan fingerprint density at radius 2 is 1.90 bits per heavy atom. The van der Waals surface area contributed by atoms with Gasteiger partial charge in [0, 0.05) is 42.7 Å². The third kappa shape index (κ3) is 3.29. The van der Waals surface area contributed by atoms with Crippen LogP contribution in [0.5, 0.6) is 5.75 Å². The first-order chi connectivity index (χ1) is 14.2. The van der Waals surface area contributed by atoms with Crippen LogP contribution in [0.4, 0.5) is 5.69 Å². The predicted octanol–water partition coefficient (Wildman–Crippen LogP) is 5.11. The van der Waals surface area contributed by atoms with E-state index in [9.17, 15) is 4.79 Å². The van der Waals surface area contributed by atoms with Crippen LogP contribution in [0.3, 0.4) is 0 Å². The second-order valence-corrected chi connectivity index (χ2v) is 7.86. The molecule has 1 amide bonds. The summed E-state index contributed by atoms with van der Waals surface area (Å²) in [6.45, 7) is 0. The monoisotopic (exact) mass is 384 g/mol. The van der Waals surface area contributed by atoms with Crippen molar-refractivity contribution in [1.82, 2.24) is 4.98 Å². The Bertz CT molecular complexity index is 1060. The van der Waals surface area contributed by atoms with Gasteiger partial charge in [0.1, 0.15) is 11.9 Å². The van der Waals surface area contributed by atoms with Crippen LogP contribution < -0.4 is 9.64 Å². The lowest BCUT2D eigenvalue weighted by atomic mass is 9.85. The number of fused-ring (bicyclic) bond motifs is 2. The Kier molecular flexibility index (Phi) is 4.55. The van der Waals surface area contributed by atoms with Crippen molar-refractivity contribution >= 4 is 11.6 Å². The van der Waals surface area contributed by atoms with E-state index in [0.717, 1.165) is 37.1 Å². The number of benzene rings is 2. The molecule has 146 valence electrons. The van der Waals surface area contributed by atoms with E-state index < -0.39 is 0 Å². The van der Waals surface area contributed by atoms with Crippen molar-refractivity contribution in [2.45, 2.75) is 38.2 Å². The smallest absolute Gasteiger partial charge is 0.227 e. The van der Waals surface area contributed by atoms with Gasteiger partial charge in [0.05, 0.1) is 0 Å². The fourth-order valence-electron chi connectivity index (χ4n) is 4.54. The highest BCUT2D eigenvalue weighted by Crippen LogP contribution is 2.39. The molecule has 1 aliphatic carbocycles. The van der Waals surface area contributed by atoms with Gasteiger partial charge in [0.25, 0.3) is 0 Å². The molecule has 0 radical (unpaired) electrons. The summed E-state index contributed by atoms with van der Waals surface area (Å²) in [7, 11) is 1.86. The molecule has 2 aromatic carbocycles. The topological polar surface area (TPSA) is 42.4 Å². The molecular weight excluding hydrogens is 360 g/mol. The number of hydrogen-bond donors (Lipinski definition) is 0. The van der Waals surface area contributed by atoms with Crippen LogP contribution in [0.15, 0.2) is 60.9 Å². The number of aromatic nitrogens is 1. The number of carbonyl (C=O) groups excluding carboxylic acids is 1. The largest absolute Gasteiger partial charge is 0.486 e. The number of nitrogens with zero attached hydrogens (tertiary/aromatic N) is 2. The first-order valence-corrected chi connectivity index (χ1v) is 10.3. The highest BCUT2D eigenvalue weighted by Gasteiger charge is 2.26. The number of hydrogen-bond acceptors (Lipinski definition) is 3. The minimum absolute atomic E-state index is 0.0370. The van der Waals surface area contributed by atoms with Crippen molar-refractivity contribution in [1.29, 1.82) is 0 Å². The molecule has 1 aliphatic heterocycles. The standard InChI is InChI=1S/C25H24N2O2/c1-27-23-12-10-17(14-18(23)11-13-25(27)28)21-15-26-16-22-20(21)8-5-9-24(22)29-19-6-3-2-4-7-19/h2-4,6-7,10,12,14-16,24H,5,8-9,11,13H2,1H3/t24-/m1/s1. The van der Waals surface area contributed by atoms with Crippen LogP contribution in [-0.2, 0) is 17.6 Å². The number of para-hydroxylation sites is 1. The van der Waals surface area contributed by atoms with Gasteiger partial charge in [0.2, 0.25) is 5.91 Å². The zero-order chi connectivity index (χ0) is 19.8. The van der Waals surface area contributed by atoms with E-state index in [-0.39, 0.29) is 12.0 Å². The molecule has 0 bridgehead atoms. The molecule has 1 aromatic heterocycles. The lowest BCUT2D eigenvalue weighted by Crippen LogP contribution is -2.31. The summed E-state index contributed by atoms with van der Waals surface area (Å²) in [4.78, 5) is 18.3. The van der Waals surface area contributed by atoms with Crippen molar-refractivity contribution in [2.75, 3.05) is 11.9 Å². The molecule has 3 aromatic rings. The lowest BCUT2D eigenvalue weighted by molar-refractivity contribution is -0.118. The number of amides is 1. The summed E-state index contributed by atoms with van der Waals surface area (Å²) in [6.07, 6.45) is 8.50. The van der Waals surface area contributed by atoms with Crippen LogP contribution in [-0.4, -0.2) is 17.9 Å². The zero-order valence-corrected chi connectivity index (χ0v) is 16.6. The Morgan fingerprint density at radius 3 is 2.76 bits per heavy atom. The van der Waals surface area contributed by atoms with E-state index in [4.69, 9.17) is 4.74 Å². The molecule has 29 heavy (non-hydrogen) atoms. The molecule has 4 heteroatoms. The molecule has 0 unspecified atom stereocenters. The molecule has 0 fully saturated rings. The summed E-state index contributed by atoms with van der Waals surface area (Å²) in [5.41, 5.74) is 7.15. The van der Waals surface area contributed by atoms with E-state index in [1.54, 1.807) is 4.90 Å². The number of carbonyl (C=O) groups is 1. The maximum Gasteiger partial charge on any atom is 0.227 e. The molecule has 0 saturated heterocycles. The number of ether oxygens (including phenoxy) is 1. The summed E-state index contributed by atoms with van der Waals surface area (Å²) >= 11 is 0. The Hall–Kier alpha value is -3.14. The summed E-state index contributed by atoms with van der Waals surface area (Å²) in [5.74, 6) is 1.09. The Balaban J connectivity index is 1.51. The van der Waals surface area contributed by atoms with Crippen molar-refractivity contribution < 1.29 is 9.53 Å². The van der Waals surface area contributed by atoms with Crippen molar-refractivity contribution in [3.05, 3.63) is 77.6 Å². The number of aryl methyl sites for hydroxylation is 1. The van der Waals surface area contributed by atoms with Gasteiger partial charge in [0.15, 0.2) is 0 Å². The molecule has 5 rings (SSSR count). The summed E-state index contributed by atoms with van der Waals surface area (Å²) < 4.78 is 6.30. The molecule has 4 nitrogen and oxygen atoms in total. The van der Waals surface area contributed by atoms with E-state index in [1.165, 1.54) is 27.8 Å². The molecule has 2 heterocycles. The normalized spacial score (nSPS) is 18.2. The number of anilines is 1. The maximum atomic E-state index is 12.0. The van der Waals surface area contributed by atoms with Gasteiger partial charge >= 0.3 is 0 Å². The molecular formula is C25H24N2O2. The van der Waals surface area contributed by atoms with E-state index >= 15 is 0 Å². The van der Waals surface area contributed by atoms with Crippen molar-refractivity contribution in [3.8, 4) is 16.9 Å². The highest BCUT2D eigenvalue weighted by atomic mass is 16.5. The average Bonchev–Trinajstić information content (AvgIpc) is 2.77. The van der Waals surface area contributed by atoms with E-state index in [1.807, 2.05) is 49.8 Å². The fraction of sp³-hybridized carbons (Fsp3) is 0.280. The van der Waals surface area contributed by atoms with Gasteiger partial charge in [-0.05, 0) is 66.6 Å². The molecule has 1 atom stereocenters. The summed E-state index contributed by atoms with van der Waals surface area (Å²) in [5, 5.41) is 0. The predicted molar refractivity (Wildman–Crippen MR) is 114 cm³/mol. The maximum absolute atomic E-state index is 12.0. The minimum atomic E-state index is 0.0370. The lowest BCUT2D eigenvalue weighted by Gasteiger charge is -2.29. The molecule has 2 aliphatic rings. The Labute approximate surface area is 171 Å². The summed E-state index contributed by atoms with van der Waals surface area (Å²) in [6, 6.07) is 16.4. The van der Waals surface area contributed by atoms with Gasteiger partial charge in [-0.3, -0.25) is 9.78 Å². The van der Waals surface area contributed by atoms with Crippen molar-refractivity contribution in [3.63, 3.8) is 0 Å². The van der Waals surface area contributed by atoms with Gasteiger partial charge in [-0.2, -0.15) is 0 Å². The van der Waals surface area contributed by atoms with E-state index in [0.29, 0.717) is 6.42 Å². The molecule has 0 N–H and O–H groups in total. The SMILES string of the molecule is CN1C(=O)CCc2cc(-c3cncc4c3CCC[C@H]4Oc3ccccc3)ccc21. The van der Waals surface area contributed by atoms with Gasteiger partial charge in [-0.25, -0.2) is 0 Å². The first kappa shape index (κ1) is 17.9. The van der Waals surface area contributed by atoms with Crippen molar-refractivity contribution in [2.24, 2.45) is 0 Å². The van der Waals surface area contributed by atoms with Crippen LogP contribution in [0.25, 0.3) is 11.1 Å². The highest BCUT2D eigenvalue weighted by molar-refractivity contribution is 5.96. The second kappa shape index (κ2) is 7.36. The van der Waals surface area contributed by atoms with Gasteiger partial charge in [-0.15, -0.1) is 0 Å². The van der Waals surface area contributed by atoms with Crippen LogP contribution >= 0.6 is 0 Å². The molecule has 0 spiro atoms. The molecule has 0 saturated carbocycles. The number of rotatable bonds is 3. The second-order valence-electron chi connectivity index (χ2n) is 7.86. The van der Waals surface area contributed by atoms with Crippen LogP contribution in [0.2, 0.25) is 0 Å². The third-order valence-corrected chi connectivity index (χ3v) is 6.09. The van der Waals surface area contributed by atoms with E-state index in [2.05, 4.69) is 23.2 Å². The van der Waals surface area contributed by atoms with Crippen LogP contribution in [0, 0.1) is 0 Å². The van der Waals surface area contributed by atoms with Gasteiger partial charge in [-0.1, -0.05) is 24.3 Å². The van der Waals surface area contributed by atoms with Crippen LogP contribution in [0.1, 0.15) is 42.1 Å². The minimum Gasteiger partial charge on any atom is -0.486 e.